The van der Waals surface area contributed by atoms with E-state index in [2.05, 4.69) is 5.32 Å². The van der Waals surface area contributed by atoms with Gasteiger partial charge in [-0.1, -0.05) is 13.0 Å². The summed E-state index contributed by atoms with van der Waals surface area (Å²) in [6.07, 6.45) is 1.75. The molecule has 0 aliphatic heterocycles. The molecular weight excluding hydrogens is 296 g/mol. The van der Waals surface area contributed by atoms with Gasteiger partial charge >= 0.3 is 0 Å². The smallest absolute Gasteiger partial charge is 0.252 e. The predicted octanol–water partition coefficient (Wildman–Crippen LogP) is 2.06. The van der Waals surface area contributed by atoms with Gasteiger partial charge in [-0.05, 0) is 31.2 Å². The molecule has 0 bridgehead atoms. The van der Waals surface area contributed by atoms with Crippen LogP contribution in [0.1, 0.15) is 33.1 Å². The molecule has 0 saturated carbocycles. The summed E-state index contributed by atoms with van der Waals surface area (Å²) in [7, 11) is -1.86. The maximum Gasteiger partial charge on any atom is 0.252 e. The first kappa shape index (κ1) is 17.1. The van der Waals surface area contributed by atoms with Crippen molar-refractivity contribution >= 4 is 27.3 Å². The Hall–Kier alpha value is -0.920. The number of thiophene rings is 1. The van der Waals surface area contributed by atoms with Crippen LogP contribution in [0.4, 0.5) is 0 Å². The molecule has 20 heavy (non-hydrogen) atoms. The minimum absolute atomic E-state index is 0.0266. The second-order valence-corrected chi connectivity index (χ2v) is 7.96. The van der Waals surface area contributed by atoms with Gasteiger partial charge in [-0.2, -0.15) is 0 Å². The fourth-order valence-corrected chi connectivity index (χ4v) is 4.01. The highest BCUT2D eigenvalue weighted by atomic mass is 32.2. The van der Waals surface area contributed by atoms with Crippen LogP contribution >= 0.6 is 11.3 Å². The highest BCUT2D eigenvalue weighted by Crippen LogP contribution is 2.19. The molecule has 1 heterocycles. The minimum Gasteiger partial charge on any atom is -0.354 e. The van der Waals surface area contributed by atoms with Gasteiger partial charge in [-0.3, -0.25) is 4.79 Å². The first-order valence-corrected chi connectivity index (χ1v) is 8.99. The second-order valence-electron chi connectivity index (χ2n) is 4.74. The van der Waals surface area contributed by atoms with Gasteiger partial charge in [0.1, 0.15) is 4.21 Å². The van der Waals surface area contributed by atoms with Crippen molar-refractivity contribution < 1.29 is 13.2 Å². The number of carbonyl (C=O) groups is 1. The van der Waals surface area contributed by atoms with Gasteiger partial charge in [-0.15, -0.1) is 11.3 Å². The number of nitrogens with one attached hydrogen (secondary N) is 1. The lowest BCUT2D eigenvalue weighted by Gasteiger charge is -2.16. The van der Waals surface area contributed by atoms with E-state index in [4.69, 9.17) is 0 Å². The number of hydrogen-bond donors (Lipinski definition) is 1. The van der Waals surface area contributed by atoms with Gasteiger partial charge in [0, 0.05) is 26.1 Å². The van der Waals surface area contributed by atoms with Gasteiger partial charge in [0.05, 0.1) is 0 Å². The maximum atomic E-state index is 12.1. The highest BCUT2D eigenvalue weighted by molar-refractivity contribution is 7.91. The first-order chi connectivity index (χ1) is 9.37. The van der Waals surface area contributed by atoms with Crippen molar-refractivity contribution in [2.75, 3.05) is 13.6 Å². The maximum absolute atomic E-state index is 12.1. The predicted molar refractivity (Wildman–Crippen MR) is 81.3 cm³/mol. The average Bonchev–Trinajstić information content (AvgIpc) is 2.92. The van der Waals surface area contributed by atoms with Crippen LogP contribution in [0.5, 0.6) is 0 Å². The van der Waals surface area contributed by atoms with Gasteiger partial charge < -0.3 is 5.32 Å². The minimum atomic E-state index is -3.40. The van der Waals surface area contributed by atoms with E-state index in [1.165, 1.54) is 15.6 Å². The van der Waals surface area contributed by atoms with Crippen LogP contribution in [0.3, 0.4) is 0 Å². The van der Waals surface area contributed by atoms with E-state index in [1.54, 1.807) is 24.6 Å². The Balaban J connectivity index is 2.41. The Kier molecular flexibility index (Phi) is 6.64. The van der Waals surface area contributed by atoms with E-state index in [-0.39, 0.29) is 11.9 Å². The molecule has 7 heteroatoms. The van der Waals surface area contributed by atoms with Crippen molar-refractivity contribution in [2.24, 2.45) is 0 Å². The number of sulfonamides is 1. The summed E-state index contributed by atoms with van der Waals surface area (Å²) < 4.78 is 25.9. The van der Waals surface area contributed by atoms with Gasteiger partial charge in [0.15, 0.2) is 0 Å². The zero-order valence-electron chi connectivity index (χ0n) is 12.1. The summed E-state index contributed by atoms with van der Waals surface area (Å²) in [5, 5.41) is 4.60. The molecule has 0 aromatic carbocycles. The fourth-order valence-electron chi connectivity index (χ4n) is 1.60. The Bertz CT molecular complexity index is 512. The van der Waals surface area contributed by atoms with Crippen LogP contribution < -0.4 is 5.32 Å². The second kappa shape index (κ2) is 7.75. The van der Waals surface area contributed by atoms with E-state index in [9.17, 15) is 13.2 Å². The van der Waals surface area contributed by atoms with Crippen molar-refractivity contribution in [2.45, 2.75) is 43.4 Å². The van der Waals surface area contributed by atoms with E-state index in [0.29, 0.717) is 23.6 Å². The van der Waals surface area contributed by atoms with Crippen molar-refractivity contribution in [1.82, 2.24) is 9.62 Å². The third-order valence-electron chi connectivity index (χ3n) is 3.06. The Morgan fingerprint density at radius 1 is 1.50 bits per heavy atom. The molecule has 1 rings (SSSR count). The first-order valence-electron chi connectivity index (χ1n) is 6.67. The van der Waals surface area contributed by atoms with Crippen molar-refractivity contribution in [3.05, 3.63) is 17.5 Å². The monoisotopic (exact) mass is 318 g/mol. The van der Waals surface area contributed by atoms with Crippen LogP contribution in [-0.4, -0.2) is 38.3 Å². The van der Waals surface area contributed by atoms with Crippen molar-refractivity contribution in [3.63, 3.8) is 0 Å². The third-order valence-corrected chi connectivity index (χ3v) is 6.29. The fraction of sp³-hybridized carbons (Fsp3) is 0.615. The molecule has 0 aliphatic carbocycles. The standard InChI is InChI=1S/C13H22N2O3S2/c1-4-11(2)14-12(16)7-5-9-15(3)20(17,18)13-8-6-10-19-13/h6,8,10-11H,4-5,7,9H2,1-3H3,(H,14,16). The topological polar surface area (TPSA) is 66.5 Å². The molecule has 0 aliphatic rings. The molecule has 1 amide bonds. The number of rotatable bonds is 8. The molecule has 0 radical (unpaired) electrons. The van der Waals surface area contributed by atoms with Crippen LogP contribution in [-0.2, 0) is 14.8 Å². The highest BCUT2D eigenvalue weighted by Gasteiger charge is 2.21. The van der Waals surface area contributed by atoms with Crippen LogP contribution in [0, 0.1) is 0 Å². The van der Waals surface area contributed by atoms with Crippen LogP contribution in [0.25, 0.3) is 0 Å². The Morgan fingerprint density at radius 2 is 2.20 bits per heavy atom. The van der Waals surface area contributed by atoms with E-state index in [1.807, 2.05) is 13.8 Å². The molecule has 5 nitrogen and oxygen atoms in total. The van der Waals surface area contributed by atoms with Crippen molar-refractivity contribution in [1.29, 1.82) is 0 Å². The summed E-state index contributed by atoms with van der Waals surface area (Å²) in [4.78, 5) is 11.6. The molecule has 1 atom stereocenters. The molecule has 1 unspecified atom stereocenters. The van der Waals surface area contributed by atoms with Crippen molar-refractivity contribution in [3.8, 4) is 0 Å². The van der Waals surface area contributed by atoms with Crippen LogP contribution in [0.15, 0.2) is 21.7 Å². The summed E-state index contributed by atoms with van der Waals surface area (Å²) in [5.41, 5.74) is 0. The number of amides is 1. The average molecular weight is 318 g/mol. The Morgan fingerprint density at radius 3 is 2.75 bits per heavy atom. The lowest BCUT2D eigenvalue weighted by atomic mass is 10.2. The van der Waals surface area contributed by atoms with Crippen LogP contribution in [0.2, 0.25) is 0 Å². The third kappa shape index (κ3) is 4.88. The number of hydrogen-bond acceptors (Lipinski definition) is 4. The summed E-state index contributed by atoms with van der Waals surface area (Å²) in [6.45, 7) is 4.30. The van der Waals surface area contributed by atoms with E-state index >= 15 is 0 Å². The molecule has 1 N–H and O–H groups in total. The summed E-state index contributed by atoms with van der Waals surface area (Å²) in [6, 6.07) is 3.46. The molecule has 1 aromatic heterocycles. The van der Waals surface area contributed by atoms with Gasteiger partial charge in [0.2, 0.25) is 5.91 Å². The Labute approximate surface area is 125 Å². The quantitative estimate of drug-likeness (QED) is 0.798. The van der Waals surface area contributed by atoms with Gasteiger partial charge in [-0.25, -0.2) is 12.7 Å². The largest absolute Gasteiger partial charge is 0.354 e. The zero-order valence-corrected chi connectivity index (χ0v) is 13.8. The lowest BCUT2D eigenvalue weighted by Crippen LogP contribution is -2.33. The molecule has 114 valence electrons. The summed E-state index contributed by atoms with van der Waals surface area (Å²) >= 11 is 1.20. The molecule has 0 spiro atoms. The lowest BCUT2D eigenvalue weighted by molar-refractivity contribution is -0.121. The van der Waals surface area contributed by atoms with Gasteiger partial charge in [0.25, 0.3) is 10.0 Å². The van der Waals surface area contributed by atoms with E-state index < -0.39 is 10.0 Å². The normalized spacial score (nSPS) is 13.4. The molecule has 0 fully saturated rings. The van der Waals surface area contributed by atoms with E-state index in [0.717, 1.165) is 6.42 Å². The molecule has 1 aromatic rings. The molecule has 0 saturated heterocycles. The zero-order chi connectivity index (χ0) is 15.2. The molecular formula is C13H22N2O3S2. The number of nitrogens with zero attached hydrogens (tertiary/aromatic N) is 1. The SMILES string of the molecule is CCC(C)NC(=O)CCCN(C)S(=O)(=O)c1cccs1. The summed E-state index contributed by atoms with van der Waals surface area (Å²) in [5.74, 6) is -0.0266. The number of carbonyl (C=O) groups excluding carboxylic acids is 1.